The van der Waals surface area contributed by atoms with Crippen LogP contribution in [-0.4, -0.2) is 37.4 Å². The van der Waals surface area contributed by atoms with Gasteiger partial charge in [0.25, 0.3) is 0 Å². The molecular formula is C22H44Na2O6S2. The van der Waals surface area contributed by atoms with Gasteiger partial charge in [-0.2, -0.15) is 0 Å². The maximum Gasteiger partial charge on any atom is 1.00 e. The second-order valence-corrected chi connectivity index (χ2v) is 11.6. The molecule has 0 aromatic heterocycles. The number of rotatable bonds is 23. The Hall–Kier alpha value is 1.82. The van der Waals surface area contributed by atoms with Crippen LogP contribution in [0.2, 0.25) is 0 Å². The van der Waals surface area contributed by atoms with Crippen LogP contribution in [0.1, 0.15) is 128 Å². The van der Waals surface area contributed by atoms with Gasteiger partial charge in [0.15, 0.2) is 0 Å². The average Bonchev–Trinajstić information content (AvgIpc) is 2.64. The molecule has 0 saturated carbocycles. The van der Waals surface area contributed by atoms with Gasteiger partial charge in [-0.25, -0.2) is 16.8 Å². The van der Waals surface area contributed by atoms with Crippen molar-refractivity contribution in [1.82, 2.24) is 0 Å². The van der Waals surface area contributed by atoms with E-state index in [0.717, 1.165) is 38.5 Å². The summed E-state index contributed by atoms with van der Waals surface area (Å²) in [5.74, 6) is -0.430. The fourth-order valence-electron chi connectivity index (χ4n) is 3.74. The Labute approximate surface area is 242 Å². The number of hydrogen-bond donors (Lipinski definition) is 0. The quantitative estimate of drug-likeness (QED) is 0.107. The topological polar surface area (TPSA) is 114 Å². The van der Waals surface area contributed by atoms with Crippen LogP contribution in [0.25, 0.3) is 0 Å². The summed E-state index contributed by atoms with van der Waals surface area (Å²) in [6, 6.07) is 0. The molecule has 0 aromatic carbocycles. The van der Waals surface area contributed by atoms with Crippen molar-refractivity contribution in [3.05, 3.63) is 0 Å². The third-order valence-electron chi connectivity index (χ3n) is 5.54. The Morgan fingerprint density at radius 2 is 0.438 bits per heavy atom. The molecule has 6 nitrogen and oxygen atoms in total. The summed E-state index contributed by atoms with van der Waals surface area (Å²) in [5, 5.41) is 0. The van der Waals surface area contributed by atoms with Crippen LogP contribution < -0.4 is 59.1 Å². The molecule has 0 atom stereocenters. The summed E-state index contributed by atoms with van der Waals surface area (Å²) >= 11 is 0. The van der Waals surface area contributed by atoms with Gasteiger partial charge in [0, 0.05) is 11.5 Å². The minimum absolute atomic E-state index is 0. The molecule has 0 fully saturated rings. The van der Waals surface area contributed by atoms with Crippen molar-refractivity contribution in [3.63, 3.8) is 0 Å². The first-order valence-electron chi connectivity index (χ1n) is 12.1. The zero-order chi connectivity index (χ0) is 22.6. The SMILES string of the molecule is O=S(=O)([O-])CCCCCCCCCCCCCCCCCCCCCCS(=O)(=O)[O-].[Na+].[Na+]. The van der Waals surface area contributed by atoms with Crippen molar-refractivity contribution < 1.29 is 85.1 Å². The van der Waals surface area contributed by atoms with Gasteiger partial charge in [-0.3, -0.25) is 0 Å². The second kappa shape index (κ2) is 25.9. The predicted molar refractivity (Wildman–Crippen MR) is 121 cm³/mol. The monoisotopic (exact) mass is 514 g/mol. The Morgan fingerprint density at radius 3 is 0.562 bits per heavy atom. The first kappa shape index (κ1) is 38.4. The van der Waals surface area contributed by atoms with E-state index in [1.165, 1.54) is 77.0 Å². The second-order valence-electron chi connectivity index (χ2n) is 8.59. The van der Waals surface area contributed by atoms with Gasteiger partial charge in [-0.05, 0) is 12.8 Å². The summed E-state index contributed by atoms with van der Waals surface area (Å²) in [4.78, 5) is 0. The van der Waals surface area contributed by atoms with Crippen LogP contribution in [0.15, 0.2) is 0 Å². The molecule has 0 spiro atoms. The molecule has 0 aromatic rings. The van der Waals surface area contributed by atoms with Crippen molar-refractivity contribution in [2.24, 2.45) is 0 Å². The minimum Gasteiger partial charge on any atom is -0.748 e. The van der Waals surface area contributed by atoms with Crippen LogP contribution in [0, 0.1) is 0 Å². The molecule has 0 unspecified atom stereocenters. The molecule has 0 aliphatic rings. The predicted octanol–water partition coefficient (Wildman–Crippen LogP) is -0.113. The molecule has 0 saturated heterocycles. The van der Waals surface area contributed by atoms with Gasteiger partial charge < -0.3 is 9.11 Å². The molecule has 0 heterocycles. The maximum atomic E-state index is 10.5. The first-order chi connectivity index (χ1) is 14.2. The first-order valence-corrected chi connectivity index (χ1v) is 15.2. The van der Waals surface area contributed by atoms with Gasteiger partial charge in [0.2, 0.25) is 0 Å². The Kier molecular flexibility index (Phi) is 31.0. The Balaban J connectivity index is -0.00000420. The molecule has 0 rings (SSSR count). The van der Waals surface area contributed by atoms with E-state index in [2.05, 4.69) is 0 Å². The molecule has 0 bridgehead atoms. The molecule has 0 aliphatic carbocycles. The van der Waals surface area contributed by atoms with Crippen molar-refractivity contribution in [1.29, 1.82) is 0 Å². The summed E-state index contributed by atoms with van der Waals surface area (Å²) < 4.78 is 62.9. The molecular weight excluding hydrogens is 470 g/mol. The van der Waals surface area contributed by atoms with Crippen molar-refractivity contribution in [2.45, 2.75) is 128 Å². The van der Waals surface area contributed by atoms with E-state index >= 15 is 0 Å². The normalized spacial score (nSPS) is 11.7. The molecule has 0 amide bonds. The van der Waals surface area contributed by atoms with E-state index in [1.54, 1.807) is 0 Å². The summed E-state index contributed by atoms with van der Waals surface area (Å²) in [6.45, 7) is 0. The number of hydrogen-bond acceptors (Lipinski definition) is 6. The standard InChI is InChI=1S/C22H46O6S2.2Na/c23-29(24,25)21-19-17-15-13-11-9-7-5-3-1-2-4-6-8-10-12-14-16-18-20-22-30(26,27)28;;/h1-22H2,(H,23,24,25)(H,26,27,28);;/q;2*+1/p-2. The van der Waals surface area contributed by atoms with Crippen LogP contribution in [0.4, 0.5) is 0 Å². The van der Waals surface area contributed by atoms with Crippen molar-refractivity contribution in [3.8, 4) is 0 Å². The molecule has 0 N–H and O–H groups in total. The van der Waals surface area contributed by atoms with Crippen LogP contribution in [0.5, 0.6) is 0 Å². The third-order valence-corrected chi connectivity index (χ3v) is 7.12. The zero-order valence-corrected chi connectivity index (χ0v) is 26.5. The average molecular weight is 515 g/mol. The summed E-state index contributed by atoms with van der Waals surface area (Å²) in [6.07, 6.45) is 22.4. The minimum atomic E-state index is -4.03. The largest absolute Gasteiger partial charge is 1.00 e. The van der Waals surface area contributed by atoms with E-state index in [4.69, 9.17) is 0 Å². The molecule has 0 aliphatic heterocycles. The van der Waals surface area contributed by atoms with Gasteiger partial charge in [-0.1, -0.05) is 116 Å². The van der Waals surface area contributed by atoms with Crippen LogP contribution in [0.3, 0.4) is 0 Å². The van der Waals surface area contributed by atoms with E-state index < -0.39 is 20.2 Å². The van der Waals surface area contributed by atoms with Crippen LogP contribution in [-0.2, 0) is 20.2 Å². The van der Waals surface area contributed by atoms with E-state index in [9.17, 15) is 25.9 Å². The fraction of sp³-hybridized carbons (Fsp3) is 1.00. The Bertz CT molecular complexity index is 531. The smallest absolute Gasteiger partial charge is 0.748 e. The van der Waals surface area contributed by atoms with Crippen molar-refractivity contribution >= 4 is 20.2 Å². The van der Waals surface area contributed by atoms with Crippen molar-refractivity contribution in [2.75, 3.05) is 11.5 Å². The maximum absolute atomic E-state index is 10.5. The van der Waals surface area contributed by atoms with E-state index in [1.807, 2.05) is 0 Å². The molecule has 0 radical (unpaired) electrons. The van der Waals surface area contributed by atoms with Gasteiger partial charge in [-0.15, -0.1) is 0 Å². The summed E-state index contributed by atoms with van der Waals surface area (Å²) in [7, 11) is -8.05. The van der Waals surface area contributed by atoms with E-state index in [0.29, 0.717) is 12.8 Å². The van der Waals surface area contributed by atoms with Gasteiger partial charge >= 0.3 is 59.1 Å². The summed E-state index contributed by atoms with van der Waals surface area (Å²) in [5.41, 5.74) is 0. The number of unbranched alkanes of at least 4 members (excludes halogenated alkanes) is 19. The fourth-order valence-corrected chi connectivity index (χ4v) is 4.86. The third kappa shape index (κ3) is 36.4. The van der Waals surface area contributed by atoms with Crippen LogP contribution >= 0.6 is 0 Å². The molecule has 10 heteroatoms. The van der Waals surface area contributed by atoms with E-state index in [-0.39, 0.29) is 70.6 Å². The van der Waals surface area contributed by atoms with Gasteiger partial charge in [0.1, 0.15) is 0 Å². The molecule has 182 valence electrons. The zero-order valence-electron chi connectivity index (χ0n) is 20.8. The Morgan fingerprint density at radius 1 is 0.312 bits per heavy atom. The van der Waals surface area contributed by atoms with Gasteiger partial charge in [0.05, 0.1) is 20.2 Å². The molecule has 32 heavy (non-hydrogen) atoms.